The Bertz CT molecular complexity index is 1850. The van der Waals surface area contributed by atoms with E-state index in [1.165, 1.54) is 33.1 Å². The molecule has 0 amide bonds. The highest BCUT2D eigenvalue weighted by molar-refractivity contribution is 14.1. The monoisotopic (exact) mass is 562 g/mol. The van der Waals surface area contributed by atoms with Crippen LogP contribution in [0.2, 0.25) is 0 Å². The first kappa shape index (κ1) is 20.5. The van der Waals surface area contributed by atoms with Crippen LogP contribution in [0.25, 0.3) is 61.2 Å². The van der Waals surface area contributed by atoms with Crippen LogP contribution >= 0.6 is 22.6 Å². The number of fused-ring (bicyclic) bond motifs is 4. The van der Waals surface area contributed by atoms with Gasteiger partial charge in [-0.15, -0.1) is 0 Å². The third kappa shape index (κ3) is 3.36. The topological polar surface area (TPSA) is 31.0 Å². The molecule has 7 rings (SSSR count). The van der Waals surface area contributed by atoms with Crippen LogP contribution in [-0.4, -0.2) is 9.55 Å². The minimum Gasteiger partial charge on any atom is -0.436 e. The lowest BCUT2D eigenvalue weighted by molar-refractivity contribution is 0.620. The summed E-state index contributed by atoms with van der Waals surface area (Å²) in [6.45, 7) is 0. The molecule has 35 heavy (non-hydrogen) atoms. The molecule has 0 radical (unpaired) electrons. The normalized spacial score (nSPS) is 11.6. The van der Waals surface area contributed by atoms with Gasteiger partial charge in [0.15, 0.2) is 5.58 Å². The Labute approximate surface area is 215 Å². The summed E-state index contributed by atoms with van der Waals surface area (Å²) >= 11 is 2.30. The number of hydrogen-bond donors (Lipinski definition) is 0. The molecule has 0 N–H and O–H groups in total. The summed E-state index contributed by atoms with van der Waals surface area (Å²) in [4.78, 5) is 4.71. The fourth-order valence-electron chi connectivity index (χ4n) is 4.85. The van der Waals surface area contributed by atoms with E-state index in [4.69, 9.17) is 9.40 Å². The molecule has 166 valence electrons. The molecular formula is C31H19IN2O. The average molecular weight is 562 g/mol. The highest BCUT2D eigenvalue weighted by Gasteiger charge is 2.14. The van der Waals surface area contributed by atoms with Gasteiger partial charge in [-0.2, -0.15) is 0 Å². The van der Waals surface area contributed by atoms with Gasteiger partial charge in [-0.3, -0.25) is 0 Å². The van der Waals surface area contributed by atoms with E-state index in [0.29, 0.717) is 5.89 Å². The van der Waals surface area contributed by atoms with Crippen LogP contribution in [0.3, 0.4) is 0 Å². The van der Waals surface area contributed by atoms with E-state index in [9.17, 15) is 0 Å². The van der Waals surface area contributed by atoms with Crippen molar-refractivity contribution < 1.29 is 4.42 Å². The second-order valence-corrected chi connectivity index (χ2v) is 9.77. The lowest BCUT2D eigenvalue weighted by atomic mass is 10.0. The lowest BCUT2D eigenvalue weighted by Gasteiger charge is -2.08. The van der Waals surface area contributed by atoms with Crippen molar-refractivity contribution >= 4 is 55.5 Å². The van der Waals surface area contributed by atoms with Crippen LogP contribution in [-0.2, 0) is 0 Å². The summed E-state index contributed by atoms with van der Waals surface area (Å²) in [6, 6.07) is 40.4. The molecule has 0 aliphatic rings. The highest BCUT2D eigenvalue weighted by atomic mass is 127. The van der Waals surface area contributed by atoms with E-state index in [1.54, 1.807) is 0 Å². The largest absolute Gasteiger partial charge is 0.436 e. The molecule has 0 unspecified atom stereocenters. The van der Waals surface area contributed by atoms with Crippen molar-refractivity contribution in [3.63, 3.8) is 0 Å². The zero-order chi connectivity index (χ0) is 23.4. The van der Waals surface area contributed by atoms with E-state index in [2.05, 4.69) is 124 Å². The third-order valence-electron chi connectivity index (χ3n) is 6.52. The van der Waals surface area contributed by atoms with Gasteiger partial charge >= 0.3 is 0 Å². The minimum absolute atomic E-state index is 0.650. The summed E-state index contributed by atoms with van der Waals surface area (Å²) < 4.78 is 9.44. The van der Waals surface area contributed by atoms with E-state index >= 15 is 0 Å². The molecule has 5 aromatic carbocycles. The van der Waals surface area contributed by atoms with Gasteiger partial charge in [0.05, 0.1) is 11.0 Å². The Morgan fingerprint density at radius 3 is 2.14 bits per heavy atom. The van der Waals surface area contributed by atoms with Gasteiger partial charge in [0.25, 0.3) is 0 Å². The SMILES string of the molecule is Ic1cccc2oc(-c3ccc(-c4ccc5c(c4)c4ccccc4n5-c4ccccc4)cc3)nc12. The zero-order valence-corrected chi connectivity index (χ0v) is 20.8. The molecule has 0 saturated carbocycles. The first-order valence-electron chi connectivity index (χ1n) is 11.5. The number of para-hydroxylation sites is 3. The van der Waals surface area contributed by atoms with Crippen LogP contribution in [0.1, 0.15) is 0 Å². The fraction of sp³-hybridized carbons (Fsp3) is 0. The molecule has 0 saturated heterocycles. The van der Waals surface area contributed by atoms with E-state index < -0.39 is 0 Å². The standard InChI is InChI=1S/C31H19IN2O/c32-26-10-6-12-29-30(26)33-31(35-29)21-15-13-20(14-16-21)22-17-18-28-25(19-22)24-9-4-5-11-27(24)34(28)23-7-2-1-3-8-23/h1-19H. The second kappa shape index (κ2) is 8.10. The van der Waals surface area contributed by atoms with Gasteiger partial charge in [0, 0.05) is 25.6 Å². The molecule has 0 spiro atoms. The Kier molecular flexibility index (Phi) is 4.74. The number of aromatic nitrogens is 2. The summed E-state index contributed by atoms with van der Waals surface area (Å²) in [7, 11) is 0. The molecule has 0 fully saturated rings. The Balaban J connectivity index is 1.33. The smallest absolute Gasteiger partial charge is 0.227 e. The fourth-order valence-corrected chi connectivity index (χ4v) is 5.45. The van der Waals surface area contributed by atoms with E-state index in [1.807, 2.05) is 18.2 Å². The quantitative estimate of drug-likeness (QED) is 0.202. The van der Waals surface area contributed by atoms with Crippen molar-refractivity contribution in [2.24, 2.45) is 0 Å². The summed E-state index contributed by atoms with van der Waals surface area (Å²) in [5, 5.41) is 2.51. The predicted octanol–water partition coefficient (Wildman–Crippen LogP) is 8.86. The summed E-state index contributed by atoms with van der Waals surface area (Å²) in [5.74, 6) is 0.650. The molecule has 0 aliphatic carbocycles. The second-order valence-electron chi connectivity index (χ2n) is 8.60. The molecule has 0 bridgehead atoms. The van der Waals surface area contributed by atoms with Gasteiger partial charge in [0.1, 0.15) is 5.52 Å². The van der Waals surface area contributed by atoms with Gasteiger partial charge in [-0.05, 0) is 88.3 Å². The minimum atomic E-state index is 0.650. The Morgan fingerprint density at radius 2 is 1.31 bits per heavy atom. The van der Waals surface area contributed by atoms with Crippen molar-refractivity contribution in [1.82, 2.24) is 9.55 Å². The molecule has 2 heterocycles. The highest BCUT2D eigenvalue weighted by Crippen LogP contribution is 2.35. The van der Waals surface area contributed by atoms with Crippen molar-refractivity contribution in [2.75, 3.05) is 0 Å². The van der Waals surface area contributed by atoms with Crippen molar-refractivity contribution in [1.29, 1.82) is 0 Å². The molecular weight excluding hydrogens is 543 g/mol. The number of nitrogens with zero attached hydrogens (tertiary/aromatic N) is 2. The first-order valence-corrected chi connectivity index (χ1v) is 12.6. The van der Waals surface area contributed by atoms with E-state index in [-0.39, 0.29) is 0 Å². The maximum absolute atomic E-state index is 6.01. The molecule has 4 heteroatoms. The van der Waals surface area contributed by atoms with Crippen LogP contribution < -0.4 is 0 Å². The van der Waals surface area contributed by atoms with Crippen molar-refractivity contribution in [2.45, 2.75) is 0 Å². The van der Waals surface area contributed by atoms with Crippen LogP contribution in [0, 0.1) is 3.57 Å². The zero-order valence-electron chi connectivity index (χ0n) is 18.7. The van der Waals surface area contributed by atoms with Crippen LogP contribution in [0.15, 0.2) is 120 Å². The van der Waals surface area contributed by atoms with Gasteiger partial charge in [-0.1, -0.05) is 60.7 Å². The van der Waals surface area contributed by atoms with Gasteiger partial charge in [0.2, 0.25) is 5.89 Å². The number of rotatable bonds is 3. The first-order chi connectivity index (χ1) is 17.3. The number of hydrogen-bond acceptors (Lipinski definition) is 2. The summed E-state index contributed by atoms with van der Waals surface area (Å²) in [6.07, 6.45) is 0. The maximum Gasteiger partial charge on any atom is 0.227 e. The number of benzene rings is 5. The lowest BCUT2D eigenvalue weighted by Crippen LogP contribution is -1.92. The molecule has 0 aliphatic heterocycles. The third-order valence-corrected chi connectivity index (χ3v) is 7.39. The molecule has 2 aromatic heterocycles. The van der Waals surface area contributed by atoms with Gasteiger partial charge < -0.3 is 8.98 Å². The van der Waals surface area contributed by atoms with Crippen LogP contribution in [0.4, 0.5) is 0 Å². The number of halogens is 1. The van der Waals surface area contributed by atoms with Gasteiger partial charge in [-0.25, -0.2) is 4.98 Å². The van der Waals surface area contributed by atoms with E-state index in [0.717, 1.165) is 25.8 Å². The van der Waals surface area contributed by atoms with Crippen molar-refractivity contribution in [3.8, 4) is 28.3 Å². The van der Waals surface area contributed by atoms with Crippen LogP contribution in [0.5, 0.6) is 0 Å². The Hall–Kier alpha value is -3.90. The Morgan fingerprint density at radius 1 is 0.600 bits per heavy atom. The predicted molar refractivity (Wildman–Crippen MR) is 152 cm³/mol. The average Bonchev–Trinajstić information content (AvgIpc) is 3.50. The maximum atomic E-state index is 6.01. The molecule has 0 atom stereocenters. The van der Waals surface area contributed by atoms with Crippen molar-refractivity contribution in [3.05, 3.63) is 119 Å². The number of oxazole rings is 1. The molecule has 3 nitrogen and oxygen atoms in total. The molecule has 7 aromatic rings. The summed E-state index contributed by atoms with van der Waals surface area (Å²) in [5.41, 5.74) is 8.64.